The summed E-state index contributed by atoms with van der Waals surface area (Å²) < 4.78 is 24.1. The summed E-state index contributed by atoms with van der Waals surface area (Å²) in [5.41, 5.74) is 3.84. The molecule has 1 aromatic rings. The fourth-order valence-corrected chi connectivity index (χ4v) is 8.25. The number of hydrogen-bond donors (Lipinski definition) is 1. The van der Waals surface area contributed by atoms with Crippen molar-refractivity contribution in [1.29, 1.82) is 0 Å². The molecule has 1 amide bonds. The van der Waals surface area contributed by atoms with Crippen LogP contribution in [-0.4, -0.2) is 31.9 Å². The first-order valence-corrected chi connectivity index (χ1v) is 12.1. The first kappa shape index (κ1) is 17.5. The molecule has 27 heavy (non-hydrogen) atoms. The SMILES string of the molecule is O=C(NN(c1ccccc1)C1CCS(=O)(=O)C1)C12CC3CC(CC(C3)C1)C2. The second kappa shape index (κ2) is 6.23. The summed E-state index contributed by atoms with van der Waals surface area (Å²) in [5, 5.41) is 1.85. The topological polar surface area (TPSA) is 66.5 Å². The van der Waals surface area contributed by atoms with Gasteiger partial charge in [0.1, 0.15) is 0 Å². The minimum atomic E-state index is -3.02. The number of sulfone groups is 1. The van der Waals surface area contributed by atoms with Crippen molar-refractivity contribution in [3.63, 3.8) is 0 Å². The lowest BCUT2D eigenvalue weighted by atomic mass is 9.49. The first-order valence-electron chi connectivity index (χ1n) is 10.3. The van der Waals surface area contributed by atoms with Crippen molar-refractivity contribution in [2.45, 2.75) is 51.0 Å². The van der Waals surface area contributed by atoms with Gasteiger partial charge < -0.3 is 0 Å². The molecule has 6 rings (SSSR count). The molecule has 1 heterocycles. The second-order valence-corrected chi connectivity index (χ2v) is 11.6. The first-order chi connectivity index (χ1) is 12.9. The van der Waals surface area contributed by atoms with E-state index in [-0.39, 0.29) is 28.9 Å². The molecule has 1 saturated heterocycles. The molecule has 5 fully saturated rings. The summed E-state index contributed by atoms with van der Waals surface area (Å²) in [4.78, 5) is 13.5. The van der Waals surface area contributed by atoms with Crippen molar-refractivity contribution >= 4 is 21.4 Å². The van der Waals surface area contributed by atoms with E-state index < -0.39 is 9.84 Å². The number of amides is 1. The van der Waals surface area contributed by atoms with Crippen LogP contribution in [-0.2, 0) is 14.6 Å². The van der Waals surface area contributed by atoms with Crippen molar-refractivity contribution in [2.75, 3.05) is 16.5 Å². The molecular formula is C21H28N2O3S. The monoisotopic (exact) mass is 388 g/mol. The van der Waals surface area contributed by atoms with Crippen LogP contribution in [0.1, 0.15) is 44.9 Å². The fourth-order valence-electron chi connectivity index (χ4n) is 6.55. The van der Waals surface area contributed by atoms with E-state index in [4.69, 9.17) is 0 Å². The minimum absolute atomic E-state index is 0.114. The van der Waals surface area contributed by atoms with E-state index in [1.165, 1.54) is 19.3 Å². The Bertz CT molecular complexity index is 801. The molecule has 146 valence electrons. The van der Waals surface area contributed by atoms with Gasteiger partial charge in [-0.1, -0.05) is 18.2 Å². The summed E-state index contributed by atoms with van der Waals surface area (Å²) in [6.45, 7) is 0. The van der Waals surface area contributed by atoms with Gasteiger partial charge in [-0.25, -0.2) is 8.42 Å². The van der Waals surface area contributed by atoms with Gasteiger partial charge in [-0.3, -0.25) is 15.2 Å². The maximum atomic E-state index is 13.5. The fraction of sp³-hybridized carbons (Fsp3) is 0.667. The minimum Gasteiger partial charge on any atom is -0.281 e. The molecule has 4 aliphatic carbocycles. The molecule has 1 atom stereocenters. The molecule has 1 aliphatic heterocycles. The quantitative estimate of drug-likeness (QED) is 0.806. The third kappa shape index (κ3) is 3.16. The molecule has 4 saturated carbocycles. The Morgan fingerprint density at radius 3 is 2.11 bits per heavy atom. The zero-order valence-corrected chi connectivity index (χ0v) is 16.5. The Hall–Kier alpha value is -1.56. The molecule has 5 aliphatic rings. The predicted octanol–water partition coefficient (Wildman–Crippen LogP) is 2.93. The maximum absolute atomic E-state index is 13.5. The highest BCUT2D eigenvalue weighted by atomic mass is 32.2. The Kier molecular flexibility index (Phi) is 4.04. The van der Waals surface area contributed by atoms with Gasteiger partial charge in [0.2, 0.25) is 5.91 Å². The summed E-state index contributed by atoms with van der Waals surface area (Å²) in [5.74, 6) is 2.56. The lowest BCUT2D eigenvalue weighted by Crippen LogP contribution is -2.59. The summed E-state index contributed by atoms with van der Waals surface area (Å²) in [7, 11) is -3.02. The zero-order valence-electron chi connectivity index (χ0n) is 15.6. The lowest BCUT2D eigenvalue weighted by Gasteiger charge is -2.56. The Morgan fingerprint density at radius 1 is 1.00 bits per heavy atom. The molecule has 1 N–H and O–H groups in total. The second-order valence-electron chi connectivity index (χ2n) is 9.40. The molecule has 1 unspecified atom stereocenters. The van der Waals surface area contributed by atoms with Crippen LogP contribution >= 0.6 is 0 Å². The van der Waals surface area contributed by atoms with E-state index in [9.17, 15) is 13.2 Å². The number of nitrogens with one attached hydrogen (secondary N) is 1. The lowest BCUT2D eigenvalue weighted by molar-refractivity contribution is -0.146. The number of hydrogen-bond acceptors (Lipinski definition) is 4. The molecule has 0 radical (unpaired) electrons. The smallest absolute Gasteiger partial charge is 0.244 e. The zero-order chi connectivity index (χ0) is 18.6. The molecule has 4 bridgehead atoms. The highest BCUT2D eigenvalue weighted by Gasteiger charge is 2.55. The number of anilines is 1. The van der Waals surface area contributed by atoms with Gasteiger partial charge in [0.25, 0.3) is 0 Å². The van der Waals surface area contributed by atoms with Crippen LogP contribution in [0.25, 0.3) is 0 Å². The van der Waals surface area contributed by atoms with Crippen molar-refractivity contribution < 1.29 is 13.2 Å². The summed E-state index contributed by atoms with van der Waals surface area (Å²) in [6.07, 6.45) is 7.50. The van der Waals surface area contributed by atoms with Crippen molar-refractivity contribution in [1.82, 2.24) is 5.43 Å². The number of benzene rings is 1. The van der Waals surface area contributed by atoms with Gasteiger partial charge in [0, 0.05) is 0 Å². The van der Waals surface area contributed by atoms with Gasteiger partial charge in [-0.15, -0.1) is 0 Å². The Labute approximate surface area is 161 Å². The van der Waals surface area contributed by atoms with Crippen molar-refractivity contribution in [2.24, 2.45) is 23.2 Å². The van der Waals surface area contributed by atoms with Crippen molar-refractivity contribution in [3.05, 3.63) is 30.3 Å². The van der Waals surface area contributed by atoms with Gasteiger partial charge in [-0.2, -0.15) is 0 Å². The predicted molar refractivity (Wildman–Crippen MR) is 105 cm³/mol. The normalized spacial score (nSPS) is 38.7. The average molecular weight is 389 g/mol. The highest BCUT2D eigenvalue weighted by Crippen LogP contribution is 2.60. The maximum Gasteiger partial charge on any atom is 0.244 e. The van der Waals surface area contributed by atoms with Gasteiger partial charge in [0.15, 0.2) is 9.84 Å². The van der Waals surface area contributed by atoms with Crippen LogP contribution in [0, 0.1) is 23.2 Å². The molecule has 6 heteroatoms. The number of carbonyl (C=O) groups excluding carboxylic acids is 1. The Morgan fingerprint density at radius 2 is 1.59 bits per heavy atom. The number of carbonyl (C=O) groups is 1. The third-order valence-electron chi connectivity index (χ3n) is 7.35. The number of para-hydroxylation sites is 1. The van der Waals surface area contributed by atoms with Crippen molar-refractivity contribution in [3.8, 4) is 0 Å². The number of nitrogens with zero attached hydrogens (tertiary/aromatic N) is 1. The van der Waals surface area contributed by atoms with E-state index in [0.717, 1.165) is 24.9 Å². The van der Waals surface area contributed by atoms with Gasteiger partial charge in [-0.05, 0) is 74.8 Å². The van der Waals surface area contributed by atoms with E-state index in [0.29, 0.717) is 24.2 Å². The number of hydrazine groups is 1. The molecule has 0 spiro atoms. The molecule has 5 nitrogen and oxygen atoms in total. The van der Waals surface area contributed by atoms with Crippen LogP contribution in [0.3, 0.4) is 0 Å². The molecular weight excluding hydrogens is 360 g/mol. The molecule has 1 aromatic carbocycles. The van der Waals surface area contributed by atoms with Crippen LogP contribution < -0.4 is 10.4 Å². The van der Waals surface area contributed by atoms with Crippen LogP contribution in [0.4, 0.5) is 5.69 Å². The van der Waals surface area contributed by atoms with E-state index >= 15 is 0 Å². The van der Waals surface area contributed by atoms with Crippen LogP contribution in [0.2, 0.25) is 0 Å². The number of rotatable bonds is 4. The Balaban J connectivity index is 1.41. The van der Waals surface area contributed by atoms with Gasteiger partial charge >= 0.3 is 0 Å². The standard InChI is InChI=1S/C21H28N2O3S/c24-20(21-11-15-8-16(12-21)10-17(9-15)13-21)22-23(18-4-2-1-3-5-18)19-6-7-27(25,26)14-19/h1-5,15-17,19H,6-14H2,(H,22,24). The summed E-state index contributed by atoms with van der Waals surface area (Å²) in [6, 6.07) is 9.52. The largest absolute Gasteiger partial charge is 0.281 e. The average Bonchev–Trinajstić information content (AvgIpc) is 2.98. The van der Waals surface area contributed by atoms with E-state index in [2.05, 4.69) is 5.43 Å². The van der Waals surface area contributed by atoms with Gasteiger partial charge in [0.05, 0.1) is 28.6 Å². The third-order valence-corrected chi connectivity index (χ3v) is 9.10. The van der Waals surface area contributed by atoms with E-state index in [1.807, 2.05) is 35.3 Å². The van der Waals surface area contributed by atoms with E-state index in [1.54, 1.807) is 0 Å². The van der Waals surface area contributed by atoms with Crippen LogP contribution in [0.15, 0.2) is 30.3 Å². The highest BCUT2D eigenvalue weighted by molar-refractivity contribution is 7.91. The molecule has 0 aromatic heterocycles. The van der Waals surface area contributed by atoms with Crippen LogP contribution in [0.5, 0.6) is 0 Å². The summed E-state index contributed by atoms with van der Waals surface area (Å²) >= 11 is 0.